The minimum absolute atomic E-state index is 0.463. The molecule has 0 bridgehead atoms. The van der Waals surface area contributed by atoms with Gasteiger partial charge < -0.3 is 15.2 Å². The third-order valence-corrected chi connectivity index (χ3v) is 6.36. The average molecular weight is 382 g/mol. The van der Waals surface area contributed by atoms with Gasteiger partial charge in [-0.2, -0.15) is 0 Å². The third kappa shape index (κ3) is 2.94. The van der Waals surface area contributed by atoms with E-state index in [4.69, 9.17) is 20.2 Å². The lowest BCUT2D eigenvalue weighted by Gasteiger charge is -2.16. The van der Waals surface area contributed by atoms with Gasteiger partial charge in [-0.3, -0.25) is 4.79 Å². The van der Waals surface area contributed by atoms with Crippen molar-refractivity contribution in [2.24, 2.45) is 5.73 Å². The summed E-state index contributed by atoms with van der Waals surface area (Å²) in [6.07, 6.45) is 4.43. The lowest BCUT2D eigenvalue weighted by Crippen LogP contribution is -2.15. The Morgan fingerprint density at radius 2 is 1.78 bits per heavy atom. The zero-order chi connectivity index (χ0) is 19.1. The molecule has 0 fully saturated rings. The number of ether oxygens (including phenoxy) is 2. The molecular weight excluding hydrogens is 360 g/mol. The molecule has 1 aliphatic carbocycles. The van der Waals surface area contributed by atoms with Crippen LogP contribution in [0.15, 0.2) is 18.2 Å². The second-order valence-corrected chi connectivity index (χ2v) is 7.89. The van der Waals surface area contributed by atoms with E-state index in [1.807, 2.05) is 25.1 Å². The van der Waals surface area contributed by atoms with Crippen LogP contribution in [-0.2, 0) is 12.8 Å². The highest BCUT2D eigenvalue weighted by molar-refractivity contribution is 7.19. The van der Waals surface area contributed by atoms with Crippen LogP contribution in [0.3, 0.4) is 0 Å². The number of carbonyl (C=O) groups is 1. The van der Waals surface area contributed by atoms with Crippen LogP contribution < -0.4 is 15.2 Å². The summed E-state index contributed by atoms with van der Waals surface area (Å²) < 4.78 is 10.9. The molecule has 0 unspecified atom stereocenters. The van der Waals surface area contributed by atoms with Crippen LogP contribution in [0, 0.1) is 6.92 Å². The van der Waals surface area contributed by atoms with Gasteiger partial charge in [0.05, 0.1) is 25.5 Å². The number of pyridine rings is 1. The van der Waals surface area contributed by atoms with E-state index < -0.39 is 5.91 Å². The largest absolute Gasteiger partial charge is 0.497 e. The lowest BCUT2D eigenvalue weighted by atomic mass is 9.89. The second kappa shape index (κ2) is 6.85. The lowest BCUT2D eigenvalue weighted by molar-refractivity contribution is 0.1000. The van der Waals surface area contributed by atoms with E-state index in [9.17, 15) is 4.79 Å². The molecule has 0 spiro atoms. The number of aromatic nitrogens is 1. The van der Waals surface area contributed by atoms with Gasteiger partial charge in [-0.05, 0) is 55.9 Å². The Morgan fingerprint density at radius 1 is 1.11 bits per heavy atom. The number of aryl methyl sites for hydroxylation is 3. The number of primary amides is 1. The number of rotatable bonds is 4. The van der Waals surface area contributed by atoms with Crippen LogP contribution in [-0.4, -0.2) is 25.1 Å². The van der Waals surface area contributed by atoms with Crippen LogP contribution >= 0.6 is 11.3 Å². The predicted octanol–water partition coefficient (Wildman–Crippen LogP) is 4.27. The Labute approximate surface area is 162 Å². The van der Waals surface area contributed by atoms with E-state index in [2.05, 4.69) is 0 Å². The van der Waals surface area contributed by atoms with Crippen LogP contribution in [0.5, 0.6) is 11.5 Å². The first-order valence-electron chi connectivity index (χ1n) is 9.01. The molecule has 0 radical (unpaired) electrons. The minimum atomic E-state index is -0.463. The van der Waals surface area contributed by atoms with E-state index in [0.717, 1.165) is 40.6 Å². The SMILES string of the molecule is COc1cc(OC)cc(-c2c(C(N)=O)c(C)nc3sc4c(c23)CCCC4)c1. The first kappa shape index (κ1) is 17.8. The highest BCUT2D eigenvalue weighted by Crippen LogP contribution is 2.44. The molecule has 1 aliphatic rings. The molecule has 5 nitrogen and oxygen atoms in total. The number of nitrogens with zero attached hydrogens (tertiary/aromatic N) is 1. The van der Waals surface area contributed by atoms with Gasteiger partial charge >= 0.3 is 0 Å². The van der Waals surface area contributed by atoms with Gasteiger partial charge in [-0.25, -0.2) is 4.98 Å². The highest BCUT2D eigenvalue weighted by Gasteiger charge is 2.26. The first-order valence-corrected chi connectivity index (χ1v) is 9.83. The fourth-order valence-corrected chi connectivity index (χ4v) is 5.26. The first-order chi connectivity index (χ1) is 13.0. The van der Waals surface area contributed by atoms with Crippen molar-refractivity contribution in [1.82, 2.24) is 4.98 Å². The maximum atomic E-state index is 12.4. The number of benzene rings is 1. The standard InChI is InChI=1S/C21H22N2O3S/c1-11-17(20(22)24)18(12-8-13(25-2)10-14(9-12)26-3)19-15-6-4-5-7-16(15)27-21(19)23-11/h8-10H,4-7H2,1-3H3,(H2,22,24). The van der Waals surface area contributed by atoms with Crippen molar-refractivity contribution >= 4 is 27.5 Å². The van der Waals surface area contributed by atoms with E-state index in [1.54, 1.807) is 25.6 Å². The van der Waals surface area contributed by atoms with Crippen molar-refractivity contribution in [3.8, 4) is 22.6 Å². The van der Waals surface area contributed by atoms with E-state index >= 15 is 0 Å². The topological polar surface area (TPSA) is 74.4 Å². The maximum absolute atomic E-state index is 12.4. The zero-order valence-electron chi connectivity index (χ0n) is 15.7. The Kier molecular flexibility index (Phi) is 4.52. The summed E-state index contributed by atoms with van der Waals surface area (Å²) in [5.41, 5.74) is 9.95. The quantitative estimate of drug-likeness (QED) is 0.731. The minimum Gasteiger partial charge on any atom is -0.497 e. The third-order valence-electron chi connectivity index (χ3n) is 5.17. The van der Waals surface area contributed by atoms with E-state index in [-0.39, 0.29) is 0 Å². The second-order valence-electron chi connectivity index (χ2n) is 6.80. The Hall–Kier alpha value is -2.60. The van der Waals surface area contributed by atoms with Crippen molar-refractivity contribution in [3.63, 3.8) is 0 Å². The molecular formula is C21H22N2O3S. The van der Waals surface area contributed by atoms with E-state index in [1.165, 1.54) is 16.9 Å². The van der Waals surface area contributed by atoms with Crippen molar-refractivity contribution in [2.75, 3.05) is 14.2 Å². The molecule has 2 aromatic heterocycles. The van der Waals surface area contributed by atoms with Crippen molar-refractivity contribution < 1.29 is 14.3 Å². The maximum Gasteiger partial charge on any atom is 0.251 e. The molecule has 0 saturated carbocycles. The number of methoxy groups -OCH3 is 2. The fraction of sp³-hybridized carbons (Fsp3) is 0.333. The van der Waals surface area contributed by atoms with Gasteiger partial charge in [0.25, 0.3) is 5.91 Å². The molecule has 0 aliphatic heterocycles. The molecule has 0 saturated heterocycles. The van der Waals surface area contributed by atoms with Crippen LogP contribution in [0.2, 0.25) is 0 Å². The Bertz CT molecular complexity index is 1030. The summed E-state index contributed by atoms with van der Waals surface area (Å²) in [7, 11) is 3.24. The number of thiophene rings is 1. The number of hydrogen-bond donors (Lipinski definition) is 1. The van der Waals surface area contributed by atoms with Crippen molar-refractivity contribution in [2.45, 2.75) is 32.6 Å². The normalized spacial score (nSPS) is 13.4. The molecule has 4 rings (SSSR count). The number of amides is 1. The molecule has 2 N–H and O–H groups in total. The van der Waals surface area contributed by atoms with Crippen LogP contribution in [0.4, 0.5) is 0 Å². The zero-order valence-corrected chi connectivity index (χ0v) is 16.5. The van der Waals surface area contributed by atoms with Crippen LogP contribution in [0.25, 0.3) is 21.3 Å². The van der Waals surface area contributed by atoms with Gasteiger partial charge in [-0.1, -0.05) is 0 Å². The van der Waals surface area contributed by atoms with Gasteiger partial charge in [-0.15, -0.1) is 11.3 Å². The monoisotopic (exact) mass is 382 g/mol. The number of hydrogen-bond acceptors (Lipinski definition) is 5. The molecule has 2 heterocycles. The van der Waals surface area contributed by atoms with Gasteiger partial charge in [0.2, 0.25) is 0 Å². The average Bonchev–Trinajstić information content (AvgIpc) is 3.03. The van der Waals surface area contributed by atoms with Crippen molar-refractivity contribution in [1.29, 1.82) is 0 Å². The summed E-state index contributed by atoms with van der Waals surface area (Å²) in [6.45, 7) is 1.85. The fourth-order valence-electron chi connectivity index (χ4n) is 3.94. The van der Waals surface area contributed by atoms with E-state index in [0.29, 0.717) is 22.8 Å². The smallest absolute Gasteiger partial charge is 0.251 e. The molecule has 1 amide bonds. The molecule has 140 valence electrons. The van der Waals surface area contributed by atoms with Crippen LogP contribution in [0.1, 0.15) is 39.3 Å². The summed E-state index contributed by atoms with van der Waals surface area (Å²) in [4.78, 5) is 19.5. The number of fused-ring (bicyclic) bond motifs is 3. The molecule has 6 heteroatoms. The van der Waals surface area contributed by atoms with Gasteiger partial charge in [0.1, 0.15) is 16.3 Å². The number of nitrogens with two attached hydrogens (primary N) is 1. The molecule has 27 heavy (non-hydrogen) atoms. The molecule has 1 aromatic carbocycles. The summed E-state index contributed by atoms with van der Waals surface area (Å²) >= 11 is 1.74. The Morgan fingerprint density at radius 3 is 2.41 bits per heavy atom. The molecule has 0 atom stereocenters. The van der Waals surface area contributed by atoms with Gasteiger partial charge in [0.15, 0.2) is 0 Å². The predicted molar refractivity (Wildman–Crippen MR) is 108 cm³/mol. The summed E-state index contributed by atoms with van der Waals surface area (Å²) in [5, 5.41) is 1.06. The van der Waals surface area contributed by atoms with Crippen molar-refractivity contribution in [3.05, 3.63) is 39.9 Å². The highest BCUT2D eigenvalue weighted by atomic mass is 32.1. The molecule has 3 aromatic rings. The van der Waals surface area contributed by atoms with Gasteiger partial charge in [0, 0.05) is 21.9 Å². The summed E-state index contributed by atoms with van der Waals surface area (Å²) in [5.74, 6) is 0.882. The number of carbonyl (C=O) groups excluding carboxylic acids is 1. The Balaban J connectivity index is 2.13. The summed E-state index contributed by atoms with van der Waals surface area (Å²) in [6, 6.07) is 5.67.